The fourth-order valence-corrected chi connectivity index (χ4v) is 4.92. The highest BCUT2D eigenvalue weighted by Crippen LogP contribution is 2.38. The maximum Gasteiger partial charge on any atom is 0.146 e. The molecule has 1 atom stereocenters. The first-order valence-corrected chi connectivity index (χ1v) is 10.2. The lowest BCUT2D eigenvalue weighted by molar-refractivity contribution is 0.0331. The van der Waals surface area contributed by atoms with E-state index in [-0.39, 0.29) is 13.2 Å². The predicted octanol–water partition coefficient (Wildman–Crippen LogP) is 1.17. The quantitative estimate of drug-likeness (QED) is 0.695. The zero-order valence-electron chi connectivity index (χ0n) is 14.9. The third kappa shape index (κ3) is 3.84. The minimum Gasteiger partial charge on any atom is -0.394 e. The van der Waals surface area contributed by atoms with E-state index in [1.54, 1.807) is 11.3 Å². The van der Waals surface area contributed by atoms with E-state index in [4.69, 9.17) is 19.8 Å². The Labute approximate surface area is 157 Å². The van der Waals surface area contributed by atoms with Gasteiger partial charge in [0, 0.05) is 24.5 Å². The highest BCUT2D eigenvalue weighted by atomic mass is 32.1. The number of aliphatic hydroxyl groups is 2. The van der Waals surface area contributed by atoms with Crippen LogP contribution in [0.3, 0.4) is 0 Å². The summed E-state index contributed by atoms with van der Waals surface area (Å²) in [4.78, 5) is 14.4. The summed E-state index contributed by atoms with van der Waals surface area (Å²) in [5.74, 6) is 1.60. The van der Waals surface area contributed by atoms with E-state index >= 15 is 0 Å². The van der Waals surface area contributed by atoms with Crippen LogP contribution in [0.25, 0.3) is 10.2 Å². The third-order valence-electron chi connectivity index (χ3n) is 5.05. The summed E-state index contributed by atoms with van der Waals surface area (Å²) < 4.78 is 5.42. The molecule has 3 heterocycles. The van der Waals surface area contributed by atoms with Crippen molar-refractivity contribution in [1.29, 1.82) is 0 Å². The average molecular weight is 378 g/mol. The molecule has 0 bridgehead atoms. The molecular formula is C18H26N4O3S. The highest BCUT2D eigenvalue weighted by Gasteiger charge is 2.22. The summed E-state index contributed by atoms with van der Waals surface area (Å²) in [6, 6.07) is 0. The molecule has 1 aliphatic heterocycles. The Morgan fingerprint density at radius 3 is 2.81 bits per heavy atom. The molecule has 2 aromatic heterocycles. The van der Waals surface area contributed by atoms with Crippen LogP contribution in [0.4, 0.5) is 5.82 Å². The van der Waals surface area contributed by atoms with Crippen LogP contribution in [0.5, 0.6) is 0 Å². The number of morpholine rings is 1. The first kappa shape index (κ1) is 18.1. The number of ether oxygens (including phenoxy) is 1. The van der Waals surface area contributed by atoms with Gasteiger partial charge in [0.15, 0.2) is 0 Å². The fraction of sp³-hybridized carbons (Fsp3) is 0.667. The van der Waals surface area contributed by atoms with Crippen molar-refractivity contribution in [3.05, 3.63) is 16.3 Å². The lowest BCUT2D eigenvalue weighted by atomic mass is 9.97. The standard InChI is InChI=1S/C18H26N4O3S/c23-11-12(24)9-19-17-16-13-3-1-2-4-14(13)26-18(16)21-15(20-17)10-22-5-7-25-8-6-22/h12,23-24H,1-11H2,(H,19,20,21). The van der Waals surface area contributed by atoms with Crippen LogP contribution in [0.15, 0.2) is 0 Å². The lowest BCUT2D eigenvalue weighted by Crippen LogP contribution is -2.36. The molecular weight excluding hydrogens is 352 g/mol. The van der Waals surface area contributed by atoms with Gasteiger partial charge in [-0.15, -0.1) is 11.3 Å². The second kappa shape index (κ2) is 8.14. The number of aryl methyl sites for hydroxylation is 2. The molecule has 7 nitrogen and oxygen atoms in total. The van der Waals surface area contributed by atoms with E-state index in [1.807, 2.05) is 0 Å². The number of nitrogens with zero attached hydrogens (tertiary/aromatic N) is 3. The molecule has 1 fully saturated rings. The number of thiophene rings is 1. The maximum atomic E-state index is 9.74. The van der Waals surface area contributed by atoms with Gasteiger partial charge < -0.3 is 20.3 Å². The Balaban J connectivity index is 1.67. The van der Waals surface area contributed by atoms with Crippen LogP contribution in [0.1, 0.15) is 29.1 Å². The monoisotopic (exact) mass is 378 g/mol. The zero-order chi connectivity index (χ0) is 17.9. The summed E-state index contributed by atoms with van der Waals surface area (Å²) >= 11 is 1.78. The number of hydrogen-bond donors (Lipinski definition) is 3. The molecule has 0 saturated carbocycles. The van der Waals surface area contributed by atoms with Gasteiger partial charge in [-0.05, 0) is 31.2 Å². The molecule has 8 heteroatoms. The topological polar surface area (TPSA) is 90.7 Å². The molecule has 26 heavy (non-hydrogen) atoms. The van der Waals surface area contributed by atoms with Crippen molar-refractivity contribution >= 4 is 27.4 Å². The Kier molecular flexibility index (Phi) is 5.66. The summed E-state index contributed by atoms with van der Waals surface area (Å²) in [5, 5.41) is 23.2. The normalized spacial score (nSPS) is 19.5. The smallest absolute Gasteiger partial charge is 0.146 e. The van der Waals surface area contributed by atoms with Crippen LogP contribution in [-0.4, -0.2) is 70.6 Å². The van der Waals surface area contributed by atoms with Gasteiger partial charge in [-0.1, -0.05) is 0 Å². The Hall–Kier alpha value is -1.32. The van der Waals surface area contributed by atoms with Crippen molar-refractivity contribution in [3.8, 4) is 0 Å². The van der Waals surface area contributed by atoms with Crippen molar-refractivity contribution in [2.45, 2.75) is 38.3 Å². The van der Waals surface area contributed by atoms with Crippen molar-refractivity contribution < 1.29 is 14.9 Å². The Morgan fingerprint density at radius 1 is 1.19 bits per heavy atom. The largest absolute Gasteiger partial charge is 0.394 e. The van der Waals surface area contributed by atoms with Gasteiger partial charge in [0.25, 0.3) is 0 Å². The second-order valence-electron chi connectivity index (χ2n) is 6.99. The summed E-state index contributed by atoms with van der Waals surface area (Å²) in [6.45, 7) is 4.03. The molecule has 1 saturated heterocycles. The first-order chi connectivity index (χ1) is 12.7. The number of rotatable bonds is 6. The van der Waals surface area contributed by atoms with Gasteiger partial charge >= 0.3 is 0 Å². The van der Waals surface area contributed by atoms with Crippen LogP contribution < -0.4 is 5.32 Å². The Morgan fingerprint density at radius 2 is 2.00 bits per heavy atom. The summed E-state index contributed by atoms with van der Waals surface area (Å²) in [5.41, 5.74) is 1.37. The molecule has 2 aliphatic rings. The van der Waals surface area contributed by atoms with Crippen LogP contribution in [-0.2, 0) is 24.1 Å². The van der Waals surface area contributed by atoms with Crippen LogP contribution in [0, 0.1) is 0 Å². The summed E-state index contributed by atoms with van der Waals surface area (Å²) in [7, 11) is 0. The molecule has 0 aromatic carbocycles. The van der Waals surface area contributed by atoms with E-state index in [2.05, 4.69) is 10.2 Å². The number of aromatic nitrogens is 2. The van der Waals surface area contributed by atoms with Gasteiger partial charge in [0.1, 0.15) is 16.5 Å². The highest BCUT2D eigenvalue weighted by molar-refractivity contribution is 7.19. The number of aliphatic hydroxyl groups excluding tert-OH is 2. The molecule has 1 unspecified atom stereocenters. The van der Waals surface area contributed by atoms with Crippen molar-refractivity contribution in [3.63, 3.8) is 0 Å². The van der Waals surface area contributed by atoms with E-state index in [0.29, 0.717) is 6.54 Å². The Bertz CT molecular complexity index is 760. The van der Waals surface area contributed by atoms with Gasteiger partial charge in [0.05, 0.1) is 37.9 Å². The fourth-order valence-electron chi connectivity index (χ4n) is 3.64. The lowest BCUT2D eigenvalue weighted by Gasteiger charge is -2.26. The van der Waals surface area contributed by atoms with Gasteiger partial charge in [-0.2, -0.15) is 0 Å². The molecule has 0 amide bonds. The number of nitrogens with one attached hydrogen (secondary N) is 1. The molecule has 0 radical (unpaired) electrons. The van der Waals surface area contributed by atoms with Crippen molar-refractivity contribution in [1.82, 2.24) is 14.9 Å². The van der Waals surface area contributed by atoms with Gasteiger partial charge in [-0.25, -0.2) is 9.97 Å². The molecule has 0 spiro atoms. The molecule has 4 rings (SSSR count). The van der Waals surface area contributed by atoms with E-state index in [1.165, 1.54) is 23.3 Å². The number of anilines is 1. The van der Waals surface area contributed by atoms with Gasteiger partial charge in [0.2, 0.25) is 0 Å². The first-order valence-electron chi connectivity index (χ1n) is 9.38. The minimum absolute atomic E-state index is 0.260. The second-order valence-corrected chi connectivity index (χ2v) is 8.07. The van der Waals surface area contributed by atoms with E-state index < -0.39 is 6.10 Å². The molecule has 1 aliphatic carbocycles. The van der Waals surface area contributed by atoms with Crippen molar-refractivity contribution in [2.75, 3.05) is 44.8 Å². The van der Waals surface area contributed by atoms with Crippen LogP contribution >= 0.6 is 11.3 Å². The molecule has 2 aromatic rings. The van der Waals surface area contributed by atoms with E-state index in [9.17, 15) is 5.11 Å². The summed E-state index contributed by atoms with van der Waals surface area (Å²) in [6.07, 6.45) is 3.83. The molecule has 142 valence electrons. The van der Waals surface area contributed by atoms with E-state index in [0.717, 1.165) is 61.0 Å². The SMILES string of the molecule is OCC(O)CNc1nc(CN2CCOCC2)nc2sc3c(c12)CCCC3. The van der Waals surface area contributed by atoms with Crippen molar-refractivity contribution in [2.24, 2.45) is 0 Å². The number of hydrogen-bond acceptors (Lipinski definition) is 8. The molecule has 3 N–H and O–H groups in total. The third-order valence-corrected chi connectivity index (χ3v) is 6.23. The minimum atomic E-state index is -0.794. The zero-order valence-corrected chi connectivity index (χ0v) is 15.7. The maximum absolute atomic E-state index is 9.74. The predicted molar refractivity (Wildman–Crippen MR) is 102 cm³/mol. The van der Waals surface area contributed by atoms with Gasteiger partial charge in [-0.3, -0.25) is 4.90 Å². The van der Waals surface area contributed by atoms with Crippen LogP contribution in [0.2, 0.25) is 0 Å². The average Bonchev–Trinajstić information content (AvgIpc) is 3.05. The number of fused-ring (bicyclic) bond motifs is 3.